The minimum Gasteiger partial charge on any atom is -0.323 e. The number of aryl methyl sites for hydroxylation is 2. The maximum atomic E-state index is 6.50. The van der Waals surface area contributed by atoms with Gasteiger partial charge in [0.1, 0.15) is 0 Å². The van der Waals surface area contributed by atoms with E-state index in [-0.39, 0.29) is 0 Å². The zero-order valence-electron chi connectivity index (χ0n) is 10.7. The van der Waals surface area contributed by atoms with Gasteiger partial charge in [0.2, 0.25) is 0 Å². The quantitative estimate of drug-likeness (QED) is 0.840. The lowest BCUT2D eigenvalue weighted by molar-refractivity contribution is 0.249. The van der Waals surface area contributed by atoms with Crippen molar-refractivity contribution in [3.8, 4) is 0 Å². The summed E-state index contributed by atoms with van der Waals surface area (Å²) >= 11 is 2.00. The molecule has 1 nitrogen and oxygen atoms in total. The second-order valence-electron chi connectivity index (χ2n) is 6.01. The molecule has 0 spiro atoms. The Hall–Kier alpha value is -0.340. The zero-order valence-corrected chi connectivity index (χ0v) is 11.6. The van der Waals surface area contributed by atoms with Gasteiger partial charge in [0.15, 0.2) is 0 Å². The number of hydrogen-bond acceptors (Lipinski definition) is 2. The maximum absolute atomic E-state index is 6.50. The molecular formula is C15H23NS. The van der Waals surface area contributed by atoms with E-state index < -0.39 is 0 Å². The second-order valence-corrected chi connectivity index (χ2v) is 7.18. The van der Waals surface area contributed by atoms with E-state index in [1.807, 2.05) is 11.3 Å². The van der Waals surface area contributed by atoms with Gasteiger partial charge in [-0.15, -0.1) is 11.3 Å². The third-order valence-electron chi connectivity index (χ3n) is 4.58. The Morgan fingerprint density at radius 3 is 2.94 bits per heavy atom. The number of fused-ring (bicyclic) bond motifs is 1. The number of thiophene rings is 1. The van der Waals surface area contributed by atoms with Gasteiger partial charge in [0.25, 0.3) is 0 Å². The Morgan fingerprint density at radius 2 is 2.18 bits per heavy atom. The van der Waals surface area contributed by atoms with Crippen molar-refractivity contribution in [2.75, 3.05) is 0 Å². The molecular weight excluding hydrogens is 226 g/mol. The SMILES string of the molecule is CC1CCCC(C(N)c2cc3c(s2)CCC3)C1. The fourth-order valence-electron chi connectivity index (χ4n) is 3.56. The molecule has 3 rings (SSSR count). The average Bonchev–Trinajstić information content (AvgIpc) is 2.88. The topological polar surface area (TPSA) is 26.0 Å². The molecule has 1 aromatic rings. The second kappa shape index (κ2) is 4.74. The fraction of sp³-hybridized carbons (Fsp3) is 0.733. The molecule has 1 aromatic heterocycles. The molecule has 0 aromatic carbocycles. The van der Waals surface area contributed by atoms with Crippen LogP contribution in [0.15, 0.2) is 6.07 Å². The van der Waals surface area contributed by atoms with Crippen LogP contribution in [0.25, 0.3) is 0 Å². The highest BCUT2D eigenvalue weighted by Crippen LogP contribution is 2.40. The summed E-state index contributed by atoms with van der Waals surface area (Å²) < 4.78 is 0. The van der Waals surface area contributed by atoms with Gasteiger partial charge in [-0.05, 0) is 55.6 Å². The van der Waals surface area contributed by atoms with Crippen LogP contribution in [-0.2, 0) is 12.8 Å². The van der Waals surface area contributed by atoms with Crippen LogP contribution in [0.4, 0.5) is 0 Å². The van der Waals surface area contributed by atoms with Crippen LogP contribution in [-0.4, -0.2) is 0 Å². The molecule has 3 atom stereocenters. The lowest BCUT2D eigenvalue weighted by atomic mass is 9.78. The summed E-state index contributed by atoms with van der Waals surface area (Å²) in [7, 11) is 0. The number of hydrogen-bond donors (Lipinski definition) is 1. The Balaban J connectivity index is 1.74. The molecule has 0 saturated heterocycles. The molecule has 1 saturated carbocycles. The summed E-state index contributed by atoms with van der Waals surface area (Å²) in [5.41, 5.74) is 8.10. The Labute approximate surface area is 108 Å². The monoisotopic (exact) mass is 249 g/mol. The minimum absolute atomic E-state index is 0.313. The van der Waals surface area contributed by atoms with Crippen molar-refractivity contribution >= 4 is 11.3 Å². The third kappa shape index (κ3) is 2.30. The fourth-order valence-corrected chi connectivity index (χ4v) is 4.91. The molecule has 3 unspecified atom stereocenters. The van der Waals surface area contributed by atoms with Crippen molar-refractivity contribution in [3.63, 3.8) is 0 Å². The molecule has 2 aliphatic carbocycles. The first kappa shape index (κ1) is 11.7. The summed E-state index contributed by atoms with van der Waals surface area (Å²) in [6, 6.07) is 2.73. The maximum Gasteiger partial charge on any atom is 0.0418 e. The highest BCUT2D eigenvalue weighted by Gasteiger charge is 2.27. The van der Waals surface area contributed by atoms with E-state index in [4.69, 9.17) is 5.73 Å². The van der Waals surface area contributed by atoms with E-state index in [2.05, 4.69) is 13.0 Å². The lowest BCUT2D eigenvalue weighted by Crippen LogP contribution is -2.25. The van der Waals surface area contributed by atoms with Gasteiger partial charge < -0.3 is 5.73 Å². The highest BCUT2D eigenvalue weighted by molar-refractivity contribution is 7.12. The summed E-state index contributed by atoms with van der Waals surface area (Å²) in [6.07, 6.45) is 9.41. The van der Waals surface area contributed by atoms with Gasteiger partial charge in [0, 0.05) is 15.8 Å². The first-order chi connectivity index (χ1) is 8.24. The largest absolute Gasteiger partial charge is 0.323 e. The van der Waals surface area contributed by atoms with Crippen LogP contribution in [0.2, 0.25) is 0 Å². The van der Waals surface area contributed by atoms with Gasteiger partial charge in [0.05, 0.1) is 0 Å². The van der Waals surface area contributed by atoms with Crippen LogP contribution < -0.4 is 5.73 Å². The van der Waals surface area contributed by atoms with Crippen molar-refractivity contribution in [3.05, 3.63) is 21.4 Å². The molecule has 94 valence electrons. The summed E-state index contributed by atoms with van der Waals surface area (Å²) in [6.45, 7) is 2.38. The third-order valence-corrected chi connectivity index (χ3v) is 5.92. The van der Waals surface area contributed by atoms with E-state index in [0.29, 0.717) is 6.04 Å². The van der Waals surface area contributed by atoms with Crippen molar-refractivity contribution < 1.29 is 0 Å². The van der Waals surface area contributed by atoms with Gasteiger partial charge in [-0.3, -0.25) is 0 Å². The summed E-state index contributed by atoms with van der Waals surface area (Å²) in [4.78, 5) is 3.09. The van der Waals surface area contributed by atoms with Crippen molar-refractivity contribution in [2.45, 2.75) is 57.9 Å². The molecule has 1 fully saturated rings. The van der Waals surface area contributed by atoms with Crippen LogP contribution >= 0.6 is 11.3 Å². The molecule has 0 bridgehead atoms. The predicted molar refractivity (Wildman–Crippen MR) is 74.4 cm³/mol. The highest BCUT2D eigenvalue weighted by atomic mass is 32.1. The first-order valence-corrected chi connectivity index (χ1v) is 7.92. The lowest BCUT2D eigenvalue weighted by Gasteiger charge is -2.30. The number of nitrogens with two attached hydrogens (primary N) is 1. The van der Waals surface area contributed by atoms with Gasteiger partial charge in [-0.2, -0.15) is 0 Å². The molecule has 1 heterocycles. The summed E-state index contributed by atoms with van der Waals surface area (Å²) in [5, 5.41) is 0. The molecule has 0 amide bonds. The molecule has 2 N–H and O–H groups in total. The average molecular weight is 249 g/mol. The van der Waals surface area contributed by atoms with Crippen LogP contribution in [0.5, 0.6) is 0 Å². The van der Waals surface area contributed by atoms with Gasteiger partial charge in [-0.1, -0.05) is 19.8 Å². The zero-order chi connectivity index (χ0) is 11.8. The van der Waals surface area contributed by atoms with Crippen LogP contribution in [0.3, 0.4) is 0 Å². The van der Waals surface area contributed by atoms with Crippen molar-refractivity contribution in [1.82, 2.24) is 0 Å². The Bertz CT molecular complexity index is 374. The molecule has 2 aliphatic rings. The van der Waals surface area contributed by atoms with Gasteiger partial charge in [-0.25, -0.2) is 0 Å². The first-order valence-electron chi connectivity index (χ1n) is 7.11. The van der Waals surface area contributed by atoms with E-state index in [9.17, 15) is 0 Å². The van der Waals surface area contributed by atoms with E-state index in [1.54, 1.807) is 10.4 Å². The molecule has 2 heteroatoms. The van der Waals surface area contributed by atoms with E-state index in [0.717, 1.165) is 11.8 Å². The normalized spacial score (nSPS) is 30.2. The van der Waals surface area contributed by atoms with E-state index in [1.165, 1.54) is 49.8 Å². The van der Waals surface area contributed by atoms with Crippen molar-refractivity contribution in [2.24, 2.45) is 17.6 Å². The Kier molecular flexibility index (Phi) is 3.27. The molecule has 17 heavy (non-hydrogen) atoms. The standard InChI is InChI=1S/C15H23NS/c1-10-4-2-6-12(8-10)15(16)14-9-11-5-3-7-13(11)17-14/h9-10,12,15H,2-8,16H2,1H3. The smallest absolute Gasteiger partial charge is 0.0418 e. The summed E-state index contributed by atoms with van der Waals surface area (Å²) in [5.74, 6) is 1.61. The van der Waals surface area contributed by atoms with E-state index >= 15 is 0 Å². The number of rotatable bonds is 2. The van der Waals surface area contributed by atoms with Crippen LogP contribution in [0, 0.1) is 11.8 Å². The molecule has 0 aliphatic heterocycles. The minimum atomic E-state index is 0.313. The Morgan fingerprint density at radius 1 is 1.29 bits per heavy atom. The predicted octanol–water partition coefficient (Wildman–Crippen LogP) is 4.06. The van der Waals surface area contributed by atoms with Crippen molar-refractivity contribution in [1.29, 1.82) is 0 Å². The molecule has 0 radical (unpaired) electrons. The van der Waals surface area contributed by atoms with Gasteiger partial charge >= 0.3 is 0 Å². The van der Waals surface area contributed by atoms with Crippen LogP contribution in [0.1, 0.15) is 60.4 Å².